The van der Waals surface area contributed by atoms with E-state index in [2.05, 4.69) is 11.6 Å². The first-order chi connectivity index (χ1) is 4.84. The average molecular weight is 134 g/mol. The van der Waals surface area contributed by atoms with E-state index in [1.54, 1.807) is 13.4 Å². The summed E-state index contributed by atoms with van der Waals surface area (Å²) in [5, 5.41) is 0. The molecule has 2 nitrogen and oxygen atoms in total. The Hall–Kier alpha value is -1.31. The predicted molar refractivity (Wildman–Crippen MR) is 43.7 cm³/mol. The fourth-order valence-corrected chi connectivity index (χ4v) is 0.728. The van der Waals surface area contributed by atoms with Crippen molar-refractivity contribution < 1.29 is 0 Å². The van der Waals surface area contributed by atoms with E-state index in [-0.39, 0.29) is 0 Å². The molecule has 10 heavy (non-hydrogen) atoms. The minimum absolute atomic E-state index is 0.938. The zero-order valence-electron chi connectivity index (χ0n) is 5.99. The van der Waals surface area contributed by atoms with Gasteiger partial charge in [-0.2, -0.15) is 0 Å². The summed E-state index contributed by atoms with van der Waals surface area (Å²) in [5.41, 5.74) is 0.938. The first-order valence-electron chi connectivity index (χ1n) is 3.09. The molecule has 1 aliphatic heterocycles. The minimum Gasteiger partial charge on any atom is -0.309 e. The second-order valence-electron chi connectivity index (χ2n) is 1.97. The topological polar surface area (TPSA) is 15.6 Å². The third kappa shape index (κ3) is 1.35. The molecule has 2 heteroatoms. The number of nitrogens with zero attached hydrogens (tertiary/aromatic N) is 2. The summed E-state index contributed by atoms with van der Waals surface area (Å²) in [6, 6.07) is 0. The second kappa shape index (κ2) is 3.01. The molecule has 0 bridgehead atoms. The molecule has 1 aliphatic rings. The van der Waals surface area contributed by atoms with Crippen molar-refractivity contribution in [3.8, 4) is 0 Å². The highest BCUT2D eigenvalue weighted by Gasteiger charge is 1.98. The summed E-state index contributed by atoms with van der Waals surface area (Å²) in [4.78, 5) is 5.73. The molecule has 0 saturated carbocycles. The molecule has 0 aromatic carbocycles. The van der Waals surface area contributed by atoms with Crippen molar-refractivity contribution in [3.05, 3.63) is 36.7 Å². The Morgan fingerprint density at radius 2 is 2.40 bits per heavy atom. The summed E-state index contributed by atoms with van der Waals surface area (Å²) in [6.45, 7) is 3.81. The molecule has 52 valence electrons. The third-order valence-corrected chi connectivity index (χ3v) is 1.22. The molecule has 0 amide bonds. The first-order valence-corrected chi connectivity index (χ1v) is 3.09. The number of rotatable bonds is 1. The van der Waals surface area contributed by atoms with Gasteiger partial charge < -0.3 is 4.90 Å². The lowest BCUT2D eigenvalue weighted by Crippen LogP contribution is -2.13. The van der Waals surface area contributed by atoms with E-state index in [4.69, 9.17) is 0 Å². The predicted octanol–water partition coefficient (Wildman–Crippen LogP) is 1.54. The van der Waals surface area contributed by atoms with E-state index in [9.17, 15) is 0 Å². The zero-order valence-corrected chi connectivity index (χ0v) is 5.99. The van der Waals surface area contributed by atoms with E-state index in [1.165, 1.54) is 0 Å². The van der Waals surface area contributed by atoms with E-state index in [0.29, 0.717) is 0 Å². The SMILES string of the molecule is C=C1C=CC=CN1C=NC. The molecule has 0 N–H and O–H groups in total. The molecule has 1 rings (SSSR count). The van der Waals surface area contributed by atoms with Gasteiger partial charge in [-0.3, -0.25) is 4.99 Å². The highest BCUT2D eigenvalue weighted by atomic mass is 15.1. The molecule has 0 aromatic heterocycles. The zero-order chi connectivity index (χ0) is 7.40. The maximum absolute atomic E-state index is 3.86. The van der Waals surface area contributed by atoms with Crippen molar-refractivity contribution in [2.75, 3.05) is 7.05 Å². The summed E-state index contributed by atoms with van der Waals surface area (Å²) >= 11 is 0. The Balaban J connectivity index is 2.70. The molecule has 0 saturated heterocycles. The molecule has 0 unspecified atom stereocenters. The van der Waals surface area contributed by atoms with Crippen LogP contribution in [0.3, 0.4) is 0 Å². The smallest absolute Gasteiger partial charge is 0.0931 e. The van der Waals surface area contributed by atoms with Gasteiger partial charge in [0.2, 0.25) is 0 Å². The first kappa shape index (κ1) is 6.81. The monoisotopic (exact) mass is 134 g/mol. The van der Waals surface area contributed by atoms with Gasteiger partial charge in [-0.25, -0.2) is 0 Å². The summed E-state index contributed by atoms with van der Waals surface area (Å²) in [5.74, 6) is 0. The van der Waals surface area contributed by atoms with Crippen molar-refractivity contribution >= 4 is 6.34 Å². The van der Waals surface area contributed by atoms with Crippen LogP contribution in [0.4, 0.5) is 0 Å². The van der Waals surface area contributed by atoms with Crippen LogP contribution in [0.15, 0.2) is 41.7 Å². The van der Waals surface area contributed by atoms with Crippen LogP contribution >= 0.6 is 0 Å². The Bertz CT molecular complexity index is 211. The van der Waals surface area contributed by atoms with Gasteiger partial charge in [-0.15, -0.1) is 0 Å². The molecule has 0 atom stereocenters. The lowest BCUT2D eigenvalue weighted by molar-refractivity contribution is 0.731. The minimum atomic E-state index is 0.938. The molecular weight excluding hydrogens is 124 g/mol. The number of hydrogen-bond acceptors (Lipinski definition) is 1. The van der Waals surface area contributed by atoms with Gasteiger partial charge in [0.1, 0.15) is 0 Å². The van der Waals surface area contributed by atoms with Crippen LogP contribution in [0.25, 0.3) is 0 Å². The number of aliphatic imine (C=N–C) groups is 1. The fraction of sp³-hybridized carbons (Fsp3) is 0.125. The van der Waals surface area contributed by atoms with Crippen LogP contribution in [0.2, 0.25) is 0 Å². The maximum Gasteiger partial charge on any atom is 0.0931 e. The largest absolute Gasteiger partial charge is 0.309 e. The number of hydrogen-bond donors (Lipinski definition) is 0. The lowest BCUT2D eigenvalue weighted by Gasteiger charge is -2.15. The lowest BCUT2D eigenvalue weighted by atomic mass is 10.3. The van der Waals surface area contributed by atoms with Crippen molar-refractivity contribution in [2.45, 2.75) is 0 Å². The Kier molecular flexibility index (Phi) is 2.05. The maximum atomic E-state index is 3.86. The van der Waals surface area contributed by atoms with Crippen LogP contribution in [0.5, 0.6) is 0 Å². The Morgan fingerprint density at radius 3 is 3.00 bits per heavy atom. The Morgan fingerprint density at radius 1 is 1.60 bits per heavy atom. The second-order valence-corrected chi connectivity index (χ2v) is 1.97. The molecule has 0 radical (unpaired) electrons. The summed E-state index contributed by atoms with van der Waals surface area (Å²) in [6.07, 6.45) is 9.46. The molecule has 1 heterocycles. The number of allylic oxidation sites excluding steroid dienone is 3. The highest BCUT2D eigenvalue weighted by Crippen LogP contribution is 2.06. The van der Waals surface area contributed by atoms with Crippen LogP contribution in [-0.2, 0) is 0 Å². The van der Waals surface area contributed by atoms with E-state index in [0.717, 1.165) is 5.70 Å². The van der Waals surface area contributed by atoms with Crippen molar-refractivity contribution in [1.29, 1.82) is 0 Å². The van der Waals surface area contributed by atoms with Gasteiger partial charge in [0, 0.05) is 18.9 Å². The van der Waals surface area contributed by atoms with Crippen molar-refractivity contribution in [1.82, 2.24) is 4.90 Å². The van der Waals surface area contributed by atoms with Crippen molar-refractivity contribution in [2.24, 2.45) is 4.99 Å². The van der Waals surface area contributed by atoms with Gasteiger partial charge in [0.05, 0.1) is 6.34 Å². The normalized spacial score (nSPS) is 17.3. The highest BCUT2D eigenvalue weighted by molar-refractivity contribution is 5.61. The summed E-state index contributed by atoms with van der Waals surface area (Å²) < 4.78 is 0. The van der Waals surface area contributed by atoms with Crippen LogP contribution in [0, 0.1) is 0 Å². The quantitative estimate of drug-likeness (QED) is 0.392. The van der Waals surface area contributed by atoms with Crippen LogP contribution < -0.4 is 0 Å². The third-order valence-electron chi connectivity index (χ3n) is 1.22. The van der Waals surface area contributed by atoms with Gasteiger partial charge in [-0.05, 0) is 12.2 Å². The van der Waals surface area contributed by atoms with Crippen LogP contribution in [0.1, 0.15) is 0 Å². The van der Waals surface area contributed by atoms with E-state index in [1.807, 2.05) is 29.3 Å². The molecule has 0 spiro atoms. The summed E-state index contributed by atoms with van der Waals surface area (Å²) in [7, 11) is 1.74. The standard InChI is InChI=1S/C8H10N2/c1-8-5-3-4-6-10(8)7-9-2/h3-7H,1H2,2H3. The molecular formula is C8H10N2. The molecule has 0 fully saturated rings. The molecule has 0 aromatic rings. The van der Waals surface area contributed by atoms with Gasteiger partial charge >= 0.3 is 0 Å². The van der Waals surface area contributed by atoms with E-state index >= 15 is 0 Å². The van der Waals surface area contributed by atoms with E-state index < -0.39 is 0 Å². The Labute approximate surface area is 60.9 Å². The van der Waals surface area contributed by atoms with Gasteiger partial charge in [0.25, 0.3) is 0 Å². The van der Waals surface area contributed by atoms with Gasteiger partial charge in [-0.1, -0.05) is 12.7 Å². The average Bonchev–Trinajstić information content (AvgIpc) is 1.94. The van der Waals surface area contributed by atoms with Crippen molar-refractivity contribution in [3.63, 3.8) is 0 Å². The van der Waals surface area contributed by atoms with Gasteiger partial charge in [0.15, 0.2) is 0 Å². The fourth-order valence-electron chi connectivity index (χ4n) is 0.728. The van der Waals surface area contributed by atoms with Crippen LogP contribution in [-0.4, -0.2) is 18.3 Å². The molecule has 0 aliphatic carbocycles.